The highest BCUT2D eigenvalue weighted by atomic mass is 16.3. The van der Waals surface area contributed by atoms with Gasteiger partial charge in [-0.05, 0) is 78.7 Å². The van der Waals surface area contributed by atoms with Crippen molar-refractivity contribution in [3.63, 3.8) is 0 Å². The first-order valence-electron chi connectivity index (χ1n) is 10.6. The second-order valence-electron chi connectivity index (χ2n) is 11.7. The molecule has 4 saturated carbocycles. The Hall–Kier alpha value is -1.18. The van der Waals surface area contributed by atoms with Gasteiger partial charge in [0.15, 0.2) is 0 Å². The van der Waals surface area contributed by atoms with Gasteiger partial charge in [0, 0.05) is 11.1 Å². The van der Waals surface area contributed by atoms with E-state index in [2.05, 4.69) is 59.0 Å². The monoisotopic (exact) mass is 355 g/mol. The van der Waals surface area contributed by atoms with E-state index < -0.39 is 0 Å². The van der Waals surface area contributed by atoms with Gasteiger partial charge in [0.1, 0.15) is 5.75 Å². The van der Waals surface area contributed by atoms with Gasteiger partial charge in [-0.25, -0.2) is 0 Å². The molecular weight excluding hydrogens is 318 g/mol. The Morgan fingerprint density at radius 2 is 1.35 bits per heavy atom. The van der Waals surface area contributed by atoms with Gasteiger partial charge in [-0.1, -0.05) is 47.6 Å². The predicted octanol–water partition coefficient (Wildman–Crippen LogP) is 6.37. The summed E-state index contributed by atoms with van der Waals surface area (Å²) in [5, 5.41) is 15.1. The van der Waals surface area contributed by atoms with Crippen LogP contribution >= 0.6 is 0 Å². The number of phenols is 1. The first kappa shape index (κ1) is 18.2. The highest BCUT2D eigenvalue weighted by Gasteiger charge is 2.51. The average Bonchev–Trinajstić information content (AvgIpc) is 2.45. The molecule has 0 amide bonds. The SMILES string of the molecule is CC(C)(C)c1cc(NC23CC4CC(CC(C4)C2)C3)c(O)c(C(C)(C)C)c1. The molecule has 0 atom stereocenters. The van der Waals surface area contributed by atoms with Crippen molar-refractivity contribution in [2.75, 3.05) is 5.32 Å². The lowest BCUT2D eigenvalue weighted by molar-refractivity contribution is 0.0106. The molecule has 1 aromatic rings. The summed E-state index contributed by atoms with van der Waals surface area (Å²) in [7, 11) is 0. The number of phenolic OH excluding ortho intramolecular Hbond substituents is 1. The molecule has 0 unspecified atom stereocenters. The van der Waals surface area contributed by atoms with Gasteiger partial charge in [0.05, 0.1) is 5.69 Å². The van der Waals surface area contributed by atoms with E-state index in [1.54, 1.807) is 0 Å². The van der Waals surface area contributed by atoms with Gasteiger partial charge in [-0.2, -0.15) is 0 Å². The van der Waals surface area contributed by atoms with Gasteiger partial charge in [0.2, 0.25) is 0 Å². The Labute approximate surface area is 159 Å². The summed E-state index contributed by atoms with van der Waals surface area (Å²) in [5.41, 5.74) is 3.58. The Balaban J connectivity index is 1.74. The molecule has 0 radical (unpaired) electrons. The zero-order valence-corrected chi connectivity index (χ0v) is 17.6. The maximum atomic E-state index is 11.2. The molecular formula is C24H37NO. The lowest BCUT2D eigenvalue weighted by Gasteiger charge is -2.57. The summed E-state index contributed by atoms with van der Waals surface area (Å²) < 4.78 is 0. The first-order valence-corrected chi connectivity index (χ1v) is 10.6. The fourth-order valence-corrected chi connectivity index (χ4v) is 6.28. The summed E-state index contributed by atoms with van der Waals surface area (Å²) in [6, 6.07) is 4.45. The Kier molecular flexibility index (Phi) is 3.96. The minimum atomic E-state index is -0.0662. The lowest BCUT2D eigenvalue weighted by Crippen LogP contribution is -2.54. The minimum Gasteiger partial charge on any atom is -0.505 e. The van der Waals surface area contributed by atoms with Crippen molar-refractivity contribution >= 4 is 5.69 Å². The van der Waals surface area contributed by atoms with E-state index in [0.717, 1.165) is 29.0 Å². The van der Waals surface area contributed by atoms with Gasteiger partial charge in [-0.3, -0.25) is 0 Å². The standard InChI is InChI=1S/C24H37NO/c1-22(2,3)18-10-19(23(4,5)6)21(26)20(11-18)25-24-12-15-7-16(13-24)9-17(8-15)14-24/h10-11,15-17,25-26H,7-9,12-14H2,1-6H3. The van der Waals surface area contributed by atoms with E-state index in [1.807, 2.05) is 0 Å². The maximum absolute atomic E-state index is 11.2. The van der Waals surface area contributed by atoms with Crippen molar-refractivity contribution in [2.24, 2.45) is 17.8 Å². The third-order valence-electron chi connectivity index (χ3n) is 7.22. The average molecular weight is 356 g/mol. The summed E-state index contributed by atoms with van der Waals surface area (Å²) in [6.45, 7) is 13.4. The van der Waals surface area contributed by atoms with Crippen LogP contribution in [0, 0.1) is 17.8 Å². The van der Waals surface area contributed by atoms with Crippen molar-refractivity contribution in [1.82, 2.24) is 0 Å². The van der Waals surface area contributed by atoms with Crippen LogP contribution < -0.4 is 5.32 Å². The number of benzene rings is 1. The van der Waals surface area contributed by atoms with Crippen molar-refractivity contribution in [2.45, 2.75) is 96.4 Å². The summed E-state index contributed by atoms with van der Waals surface area (Å²) in [6.07, 6.45) is 8.22. The molecule has 144 valence electrons. The van der Waals surface area contributed by atoms with E-state index in [0.29, 0.717) is 5.75 Å². The van der Waals surface area contributed by atoms with Crippen molar-refractivity contribution in [3.8, 4) is 5.75 Å². The second-order valence-corrected chi connectivity index (χ2v) is 11.7. The quantitative estimate of drug-likeness (QED) is 0.604. The van der Waals surface area contributed by atoms with Crippen LogP contribution in [0.3, 0.4) is 0 Å². The van der Waals surface area contributed by atoms with Crippen molar-refractivity contribution in [1.29, 1.82) is 0 Å². The topological polar surface area (TPSA) is 32.3 Å². The van der Waals surface area contributed by atoms with Crippen LogP contribution in [0.5, 0.6) is 5.75 Å². The van der Waals surface area contributed by atoms with Crippen molar-refractivity contribution < 1.29 is 5.11 Å². The van der Waals surface area contributed by atoms with E-state index in [4.69, 9.17) is 0 Å². The predicted molar refractivity (Wildman–Crippen MR) is 110 cm³/mol. The van der Waals surface area contributed by atoms with Gasteiger partial charge < -0.3 is 10.4 Å². The number of anilines is 1. The Morgan fingerprint density at radius 3 is 1.77 bits per heavy atom. The van der Waals surface area contributed by atoms with Crippen molar-refractivity contribution in [3.05, 3.63) is 23.3 Å². The van der Waals surface area contributed by atoms with Crippen LogP contribution in [0.1, 0.15) is 91.2 Å². The van der Waals surface area contributed by atoms with Crippen LogP contribution in [0.15, 0.2) is 12.1 Å². The number of nitrogens with one attached hydrogen (secondary N) is 1. The van der Waals surface area contributed by atoms with Crippen LogP contribution in [-0.4, -0.2) is 10.6 Å². The molecule has 2 heteroatoms. The molecule has 5 rings (SSSR count). The van der Waals surface area contributed by atoms with E-state index in [9.17, 15) is 5.11 Å². The third-order valence-corrected chi connectivity index (χ3v) is 7.22. The van der Waals surface area contributed by atoms with E-state index in [1.165, 1.54) is 44.1 Å². The van der Waals surface area contributed by atoms with Crippen LogP contribution in [-0.2, 0) is 10.8 Å². The molecule has 0 spiro atoms. The normalized spacial score (nSPS) is 33.5. The zero-order valence-electron chi connectivity index (χ0n) is 17.6. The highest BCUT2D eigenvalue weighted by Crippen LogP contribution is 2.57. The van der Waals surface area contributed by atoms with Gasteiger partial charge in [-0.15, -0.1) is 0 Å². The molecule has 2 N–H and O–H groups in total. The fraction of sp³-hybridized carbons (Fsp3) is 0.750. The minimum absolute atomic E-state index is 0.0662. The molecule has 4 bridgehead atoms. The number of hydrogen-bond donors (Lipinski definition) is 2. The van der Waals surface area contributed by atoms with E-state index in [-0.39, 0.29) is 16.4 Å². The lowest BCUT2D eigenvalue weighted by atomic mass is 9.53. The van der Waals surface area contributed by atoms with Gasteiger partial charge >= 0.3 is 0 Å². The number of aromatic hydroxyl groups is 1. The Bertz CT molecular complexity index is 669. The molecule has 4 aliphatic rings. The molecule has 0 heterocycles. The molecule has 4 aliphatic carbocycles. The smallest absolute Gasteiger partial charge is 0.142 e. The molecule has 0 aliphatic heterocycles. The summed E-state index contributed by atoms with van der Waals surface area (Å²) in [5.74, 6) is 3.19. The van der Waals surface area contributed by atoms with Gasteiger partial charge in [0.25, 0.3) is 0 Å². The summed E-state index contributed by atoms with van der Waals surface area (Å²) >= 11 is 0. The van der Waals surface area contributed by atoms with E-state index >= 15 is 0 Å². The fourth-order valence-electron chi connectivity index (χ4n) is 6.28. The number of hydrogen-bond acceptors (Lipinski definition) is 2. The molecule has 0 aromatic heterocycles. The van der Waals surface area contributed by atoms with Crippen LogP contribution in [0.25, 0.3) is 0 Å². The second kappa shape index (κ2) is 5.66. The molecule has 0 saturated heterocycles. The molecule has 26 heavy (non-hydrogen) atoms. The highest BCUT2D eigenvalue weighted by molar-refractivity contribution is 5.65. The first-order chi connectivity index (χ1) is 12.0. The Morgan fingerprint density at radius 1 is 0.846 bits per heavy atom. The molecule has 2 nitrogen and oxygen atoms in total. The van der Waals surface area contributed by atoms with Crippen LogP contribution in [0.2, 0.25) is 0 Å². The summed E-state index contributed by atoms with van der Waals surface area (Å²) in [4.78, 5) is 0. The molecule has 1 aromatic carbocycles. The largest absolute Gasteiger partial charge is 0.505 e. The number of rotatable bonds is 2. The maximum Gasteiger partial charge on any atom is 0.142 e. The zero-order chi connectivity index (χ0) is 18.9. The van der Waals surface area contributed by atoms with Crippen LogP contribution in [0.4, 0.5) is 5.69 Å². The third kappa shape index (κ3) is 3.14. The molecule has 4 fully saturated rings.